The first-order valence-electron chi connectivity index (χ1n) is 5.85. The first-order valence-corrected chi connectivity index (χ1v) is 6.23. The first kappa shape index (κ1) is 12.6. The van der Waals surface area contributed by atoms with Gasteiger partial charge < -0.3 is 15.1 Å². The Kier molecular flexibility index (Phi) is 4.20. The molecule has 1 unspecified atom stereocenters. The summed E-state index contributed by atoms with van der Waals surface area (Å²) in [4.78, 5) is 6.42. The molecule has 5 heteroatoms. The van der Waals surface area contributed by atoms with E-state index in [2.05, 4.69) is 9.88 Å². The van der Waals surface area contributed by atoms with Gasteiger partial charge in [-0.1, -0.05) is 11.6 Å². The summed E-state index contributed by atoms with van der Waals surface area (Å²) < 4.78 is 0. The zero-order valence-electron chi connectivity index (χ0n) is 9.64. The third-order valence-electron chi connectivity index (χ3n) is 3.19. The lowest BCUT2D eigenvalue weighted by molar-refractivity contribution is 0.208. The molecule has 1 aromatic heterocycles. The minimum atomic E-state index is -0.0778. The number of piperidine rings is 1. The zero-order valence-corrected chi connectivity index (χ0v) is 10.4. The van der Waals surface area contributed by atoms with Crippen LogP contribution in [-0.2, 0) is 6.61 Å². The number of hydrogen-bond acceptors (Lipinski definition) is 4. The molecule has 2 rings (SSSR count). The number of hydrogen-bond donors (Lipinski definition) is 2. The fourth-order valence-electron chi connectivity index (χ4n) is 2.18. The maximum absolute atomic E-state index is 9.19. The number of nitrogens with zero attached hydrogens (tertiary/aromatic N) is 2. The van der Waals surface area contributed by atoms with E-state index < -0.39 is 0 Å². The number of anilines is 1. The van der Waals surface area contributed by atoms with Gasteiger partial charge in [0, 0.05) is 31.5 Å². The van der Waals surface area contributed by atoms with E-state index in [9.17, 15) is 5.11 Å². The number of halogens is 1. The van der Waals surface area contributed by atoms with E-state index >= 15 is 0 Å². The van der Waals surface area contributed by atoms with Crippen LogP contribution in [0.3, 0.4) is 0 Å². The fourth-order valence-corrected chi connectivity index (χ4v) is 2.35. The van der Waals surface area contributed by atoms with Crippen LogP contribution in [0.2, 0.25) is 5.02 Å². The molecule has 0 aliphatic carbocycles. The van der Waals surface area contributed by atoms with Gasteiger partial charge in [-0.3, -0.25) is 0 Å². The zero-order chi connectivity index (χ0) is 12.3. The van der Waals surface area contributed by atoms with Crippen molar-refractivity contribution in [2.24, 2.45) is 5.92 Å². The molecule has 94 valence electrons. The minimum Gasteiger partial charge on any atom is -0.396 e. The SMILES string of the molecule is OCc1cc(N2CCCC(CO)C2)ncc1Cl. The van der Waals surface area contributed by atoms with Gasteiger partial charge in [0.15, 0.2) is 0 Å². The number of rotatable bonds is 3. The second-order valence-corrected chi connectivity index (χ2v) is 4.84. The summed E-state index contributed by atoms with van der Waals surface area (Å²) in [6, 6.07) is 1.82. The summed E-state index contributed by atoms with van der Waals surface area (Å²) in [5.41, 5.74) is 0.697. The second-order valence-electron chi connectivity index (χ2n) is 4.43. The van der Waals surface area contributed by atoms with Crippen LogP contribution in [0.25, 0.3) is 0 Å². The largest absolute Gasteiger partial charge is 0.396 e. The quantitative estimate of drug-likeness (QED) is 0.859. The van der Waals surface area contributed by atoms with Crippen molar-refractivity contribution in [1.82, 2.24) is 4.98 Å². The van der Waals surface area contributed by atoms with Crippen LogP contribution in [0.1, 0.15) is 18.4 Å². The van der Waals surface area contributed by atoms with Crippen molar-refractivity contribution in [3.05, 3.63) is 22.8 Å². The molecule has 0 spiro atoms. The van der Waals surface area contributed by atoms with E-state index in [0.717, 1.165) is 31.7 Å². The summed E-state index contributed by atoms with van der Waals surface area (Å²) in [5, 5.41) is 18.9. The molecule has 1 atom stereocenters. The summed E-state index contributed by atoms with van der Waals surface area (Å²) in [6.45, 7) is 1.90. The Bertz CT molecular complexity index is 387. The highest BCUT2D eigenvalue weighted by molar-refractivity contribution is 6.31. The normalized spacial score (nSPS) is 20.6. The van der Waals surface area contributed by atoms with Crippen LogP contribution >= 0.6 is 11.6 Å². The Morgan fingerprint density at radius 2 is 2.29 bits per heavy atom. The number of aliphatic hydroxyl groups excluding tert-OH is 2. The third kappa shape index (κ3) is 2.89. The maximum Gasteiger partial charge on any atom is 0.128 e. The molecule has 2 heterocycles. The molecule has 0 saturated carbocycles. The molecular formula is C12H17ClN2O2. The van der Waals surface area contributed by atoms with Crippen molar-refractivity contribution in [1.29, 1.82) is 0 Å². The third-order valence-corrected chi connectivity index (χ3v) is 3.53. The number of aliphatic hydroxyl groups is 2. The highest BCUT2D eigenvalue weighted by atomic mass is 35.5. The van der Waals surface area contributed by atoms with Gasteiger partial charge in [0.05, 0.1) is 11.6 Å². The smallest absolute Gasteiger partial charge is 0.128 e. The fraction of sp³-hybridized carbons (Fsp3) is 0.583. The Balaban J connectivity index is 2.16. The van der Waals surface area contributed by atoms with Crippen LogP contribution < -0.4 is 4.90 Å². The van der Waals surface area contributed by atoms with Gasteiger partial charge in [0.2, 0.25) is 0 Å². The topological polar surface area (TPSA) is 56.6 Å². The minimum absolute atomic E-state index is 0.0778. The van der Waals surface area contributed by atoms with Crippen LogP contribution in [0.5, 0.6) is 0 Å². The van der Waals surface area contributed by atoms with Crippen molar-refractivity contribution >= 4 is 17.4 Å². The standard InChI is InChI=1S/C12H17ClN2O2/c13-11-5-14-12(4-10(11)8-17)15-3-1-2-9(6-15)7-16/h4-5,9,16-17H,1-3,6-8H2. The molecule has 0 amide bonds. The van der Waals surface area contributed by atoms with Gasteiger partial charge in [-0.05, 0) is 24.8 Å². The Morgan fingerprint density at radius 3 is 3.00 bits per heavy atom. The molecule has 2 N–H and O–H groups in total. The summed E-state index contributed by atoms with van der Waals surface area (Å²) in [6.07, 6.45) is 3.70. The highest BCUT2D eigenvalue weighted by Crippen LogP contribution is 2.24. The van der Waals surface area contributed by atoms with E-state index in [4.69, 9.17) is 16.7 Å². The number of pyridine rings is 1. The van der Waals surface area contributed by atoms with Crippen molar-refractivity contribution < 1.29 is 10.2 Å². The summed E-state index contributed by atoms with van der Waals surface area (Å²) >= 11 is 5.91. The van der Waals surface area contributed by atoms with Crippen molar-refractivity contribution in [3.8, 4) is 0 Å². The van der Waals surface area contributed by atoms with Gasteiger partial charge in [-0.25, -0.2) is 4.98 Å². The molecule has 0 bridgehead atoms. The molecule has 4 nitrogen and oxygen atoms in total. The molecule has 1 aliphatic rings. The Labute approximate surface area is 106 Å². The van der Waals surface area contributed by atoms with E-state index in [0.29, 0.717) is 16.5 Å². The van der Waals surface area contributed by atoms with Gasteiger partial charge in [0.1, 0.15) is 5.82 Å². The number of aromatic nitrogens is 1. The van der Waals surface area contributed by atoms with Gasteiger partial charge in [-0.2, -0.15) is 0 Å². The predicted molar refractivity (Wildman–Crippen MR) is 67.2 cm³/mol. The maximum atomic E-state index is 9.19. The van der Waals surface area contributed by atoms with Crippen molar-refractivity contribution in [2.45, 2.75) is 19.4 Å². The van der Waals surface area contributed by atoms with Crippen LogP contribution in [-0.4, -0.2) is 34.9 Å². The monoisotopic (exact) mass is 256 g/mol. The average molecular weight is 257 g/mol. The summed E-state index contributed by atoms with van der Waals surface area (Å²) in [7, 11) is 0. The lowest BCUT2D eigenvalue weighted by atomic mass is 9.99. The van der Waals surface area contributed by atoms with Gasteiger partial charge in [-0.15, -0.1) is 0 Å². The lowest BCUT2D eigenvalue weighted by Gasteiger charge is -2.32. The highest BCUT2D eigenvalue weighted by Gasteiger charge is 2.20. The lowest BCUT2D eigenvalue weighted by Crippen LogP contribution is -2.37. The van der Waals surface area contributed by atoms with E-state index in [1.54, 1.807) is 6.20 Å². The van der Waals surface area contributed by atoms with Crippen LogP contribution in [0.15, 0.2) is 12.3 Å². The molecule has 1 aliphatic heterocycles. The molecule has 1 fully saturated rings. The second kappa shape index (κ2) is 5.67. The summed E-state index contributed by atoms with van der Waals surface area (Å²) in [5.74, 6) is 1.15. The molecule has 1 aromatic rings. The molecule has 1 saturated heterocycles. The van der Waals surface area contributed by atoms with Crippen LogP contribution in [0, 0.1) is 5.92 Å². The predicted octanol–water partition coefficient (Wildman–Crippen LogP) is 1.44. The van der Waals surface area contributed by atoms with Gasteiger partial charge in [0.25, 0.3) is 0 Å². The van der Waals surface area contributed by atoms with Gasteiger partial charge >= 0.3 is 0 Å². The van der Waals surface area contributed by atoms with E-state index in [-0.39, 0.29) is 13.2 Å². The van der Waals surface area contributed by atoms with Crippen LogP contribution in [0.4, 0.5) is 5.82 Å². The van der Waals surface area contributed by atoms with Crippen molar-refractivity contribution in [2.75, 3.05) is 24.6 Å². The molecule has 17 heavy (non-hydrogen) atoms. The molecule has 0 aromatic carbocycles. The average Bonchev–Trinajstić information content (AvgIpc) is 2.39. The van der Waals surface area contributed by atoms with Crippen molar-refractivity contribution in [3.63, 3.8) is 0 Å². The Morgan fingerprint density at radius 1 is 1.47 bits per heavy atom. The molecular weight excluding hydrogens is 240 g/mol. The molecule has 0 radical (unpaired) electrons. The first-order chi connectivity index (χ1) is 8.24. The van der Waals surface area contributed by atoms with E-state index in [1.165, 1.54) is 0 Å². The Hall–Kier alpha value is -0.840. The van der Waals surface area contributed by atoms with E-state index in [1.807, 2.05) is 6.07 Å².